The summed E-state index contributed by atoms with van der Waals surface area (Å²) in [6.07, 6.45) is 1.58. The zero-order chi connectivity index (χ0) is 15.8. The average molecular weight is 313 g/mol. The number of benzene rings is 2. The summed E-state index contributed by atoms with van der Waals surface area (Å²) in [5.41, 5.74) is 2.47. The molecule has 0 spiro atoms. The number of amides is 1. The van der Waals surface area contributed by atoms with Crippen molar-refractivity contribution in [1.82, 2.24) is 5.32 Å². The van der Waals surface area contributed by atoms with Crippen LogP contribution in [0.15, 0.2) is 59.5 Å². The lowest BCUT2D eigenvalue weighted by Gasteiger charge is -2.14. The molecule has 2 nitrogen and oxygen atoms in total. The molecule has 0 aromatic heterocycles. The van der Waals surface area contributed by atoms with Crippen LogP contribution in [0.25, 0.3) is 0 Å². The summed E-state index contributed by atoms with van der Waals surface area (Å²) >= 11 is 1.72. The molecule has 0 aliphatic carbocycles. The van der Waals surface area contributed by atoms with Crippen LogP contribution in [-0.2, 0) is 11.2 Å². The minimum atomic E-state index is 0.0557. The van der Waals surface area contributed by atoms with Crippen LogP contribution in [0.3, 0.4) is 0 Å². The Morgan fingerprint density at radius 2 is 1.77 bits per heavy atom. The summed E-state index contributed by atoms with van der Waals surface area (Å²) in [4.78, 5) is 13.2. The Morgan fingerprint density at radius 3 is 2.41 bits per heavy atom. The van der Waals surface area contributed by atoms with E-state index in [1.807, 2.05) is 25.1 Å². The van der Waals surface area contributed by atoms with Gasteiger partial charge in [0.05, 0.1) is 6.04 Å². The zero-order valence-electron chi connectivity index (χ0n) is 13.2. The Labute approximate surface area is 137 Å². The lowest BCUT2D eigenvalue weighted by Crippen LogP contribution is -2.26. The fourth-order valence-corrected chi connectivity index (χ4v) is 3.09. The number of aryl methyl sites for hydroxylation is 1. The maximum absolute atomic E-state index is 12.0. The highest BCUT2D eigenvalue weighted by Crippen LogP contribution is 2.18. The summed E-state index contributed by atoms with van der Waals surface area (Å²) in [7, 11) is 0. The number of hydrogen-bond donors (Lipinski definition) is 1. The number of thioether (sulfide) groups is 1. The minimum absolute atomic E-state index is 0.0557. The van der Waals surface area contributed by atoms with E-state index < -0.39 is 0 Å². The second-order valence-corrected chi connectivity index (χ2v) is 6.46. The van der Waals surface area contributed by atoms with Crippen molar-refractivity contribution in [3.8, 4) is 0 Å². The predicted molar refractivity (Wildman–Crippen MR) is 94.2 cm³/mol. The molecular weight excluding hydrogens is 290 g/mol. The Kier molecular flexibility index (Phi) is 6.53. The third-order valence-electron chi connectivity index (χ3n) is 3.61. The maximum Gasteiger partial charge on any atom is 0.221 e. The van der Waals surface area contributed by atoms with Crippen LogP contribution in [0.1, 0.15) is 37.4 Å². The molecule has 0 saturated heterocycles. The fraction of sp³-hybridized carbons (Fsp3) is 0.316. The van der Waals surface area contributed by atoms with E-state index in [0.29, 0.717) is 6.42 Å². The first-order valence-electron chi connectivity index (χ1n) is 7.75. The number of nitrogens with one attached hydrogen (secondary N) is 1. The van der Waals surface area contributed by atoms with E-state index >= 15 is 0 Å². The first kappa shape index (κ1) is 16.6. The van der Waals surface area contributed by atoms with Gasteiger partial charge in [-0.1, -0.05) is 49.4 Å². The zero-order valence-corrected chi connectivity index (χ0v) is 14.0. The number of hydrogen-bond acceptors (Lipinski definition) is 2. The van der Waals surface area contributed by atoms with Crippen molar-refractivity contribution in [3.05, 3.63) is 65.7 Å². The molecule has 2 aromatic carbocycles. The van der Waals surface area contributed by atoms with Crippen molar-refractivity contribution in [2.75, 3.05) is 5.75 Å². The van der Waals surface area contributed by atoms with Gasteiger partial charge in [0.15, 0.2) is 0 Å². The minimum Gasteiger partial charge on any atom is -0.350 e. The van der Waals surface area contributed by atoms with E-state index in [-0.39, 0.29) is 11.9 Å². The van der Waals surface area contributed by atoms with E-state index in [0.717, 1.165) is 17.7 Å². The molecule has 0 aliphatic heterocycles. The number of carbonyl (C=O) groups excluding carboxylic acids is 1. The summed E-state index contributed by atoms with van der Waals surface area (Å²) < 4.78 is 0. The molecule has 0 saturated carbocycles. The Bertz CT molecular complexity index is 580. The Morgan fingerprint density at radius 1 is 1.09 bits per heavy atom. The first-order valence-corrected chi connectivity index (χ1v) is 8.73. The third kappa shape index (κ3) is 5.23. The molecule has 0 aliphatic rings. The lowest BCUT2D eigenvalue weighted by molar-refractivity contribution is -0.121. The number of carbonyl (C=O) groups is 1. The van der Waals surface area contributed by atoms with Crippen molar-refractivity contribution in [3.63, 3.8) is 0 Å². The second-order valence-electron chi connectivity index (χ2n) is 5.30. The SMILES string of the molecule is CCc1ccc([C@@H](C)NC(=O)CCSc2ccccc2)cc1. The van der Waals surface area contributed by atoms with E-state index in [2.05, 4.69) is 48.6 Å². The van der Waals surface area contributed by atoms with Gasteiger partial charge in [-0.15, -0.1) is 11.8 Å². The summed E-state index contributed by atoms with van der Waals surface area (Å²) in [5.74, 6) is 0.910. The first-order chi connectivity index (χ1) is 10.7. The van der Waals surface area contributed by atoms with Crippen molar-refractivity contribution in [1.29, 1.82) is 0 Å². The van der Waals surface area contributed by atoms with Crippen LogP contribution in [0, 0.1) is 0 Å². The largest absolute Gasteiger partial charge is 0.350 e. The molecule has 116 valence electrons. The Balaban J connectivity index is 1.76. The van der Waals surface area contributed by atoms with Crippen LogP contribution in [-0.4, -0.2) is 11.7 Å². The van der Waals surface area contributed by atoms with Crippen molar-refractivity contribution >= 4 is 17.7 Å². The smallest absolute Gasteiger partial charge is 0.221 e. The highest BCUT2D eigenvalue weighted by molar-refractivity contribution is 7.99. The van der Waals surface area contributed by atoms with E-state index in [4.69, 9.17) is 0 Å². The third-order valence-corrected chi connectivity index (χ3v) is 4.62. The number of rotatable bonds is 7. The normalized spacial score (nSPS) is 11.9. The van der Waals surface area contributed by atoms with Crippen LogP contribution >= 0.6 is 11.8 Å². The predicted octanol–water partition coefficient (Wildman–Crippen LogP) is 4.61. The topological polar surface area (TPSA) is 29.1 Å². The highest BCUT2D eigenvalue weighted by atomic mass is 32.2. The van der Waals surface area contributed by atoms with Gasteiger partial charge in [-0.3, -0.25) is 4.79 Å². The molecule has 22 heavy (non-hydrogen) atoms. The fourth-order valence-electron chi connectivity index (χ4n) is 2.22. The van der Waals surface area contributed by atoms with E-state index in [9.17, 15) is 4.79 Å². The standard InChI is InChI=1S/C19H23NOS/c1-3-16-9-11-17(12-10-16)15(2)20-19(21)13-14-22-18-7-5-4-6-8-18/h4-12,15H,3,13-14H2,1-2H3,(H,20,21)/t15-/m1/s1. The highest BCUT2D eigenvalue weighted by Gasteiger charge is 2.09. The molecule has 1 N–H and O–H groups in total. The van der Waals surface area contributed by atoms with Gasteiger partial charge in [0.25, 0.3) is 0 Å². The molecule has 0 bridgehead atoms. The maximum atomic E-state index is 12.0. The quantitative estimate of drug-likeness (QED) is 0.756. The molecule has 0 unspecified atom stereocenters. The van der Waals surface area contributed by atoms with E-state index in [1.165, 1.54) is 10.5 Å². The van der Waals surface area contributed by atoms with Crippen LogP contribution in [0.4, 0.5) is 0 Å². The van der Waals surface area contributed by atoms with Gasteiger partial charge >= 0.3 is 0 Å². The van der Waals surface area contributed by atoms with Crippen molar-refractivity contribution in [2.45, 2.75) is 37.6 Å². The molecule has 2 aromatic rings. The summed E-state index contributed by atoms with van der Waals surface area (Å²) in [6.45, 7) is 4.17. The molecule has 1 amide bonds. The Hall–Kier alpha value is -1.74. The summed E-state index contributed by atoms with van der Waals surface area (Å²) in [6, 6.07) is 18.7. The van der Waals surface area contributed by atoms with Gasteiger partial charge in [0.2, 0.25) is 5.91 Å². The van der Waals surface area contributed by atoms with Crippen LogP contribution in [0.2, 0.25) is 0 Å². The second kappa shape index (κ2) is 8.64. The van der Waals surface area contributed by atoms with E-state index in [1.54, 1.807) is 11.8 Å². The molecule has 0 fully saturated rings. The van der Waals surface area contributed by atoms with Gasteiger partial charge in [-0.25, -0.2) is 0 Å². The van der Waals surface area contributed by atoms with Gasteiger partial charge in [-0.05, 0) is 36.6 Å². The molecule has 0 heterocycles. The monoisotopic (exact) mass is 313 g/mol. The summed E-state index contributed by atoms with van der Waals surface area (Å²) in [5, 5.41) is 3.07. The molecule has 3 heteroatoms. The van der Waals surface area contributed by atoms with Gasteiger partial charge in [0, 0.05) is 17.1 Å². The molecular formula is C19H23NOS. The van der Waals surface area contributed by atoms with Crippen molar-refractivity contribution < 1.29 is 4.79 Å². The van der Waals surface area contributed by atoms with Crippen LogP contribution < -0.4 is 5.32 Å². The lowest BCUT2D eigenvalue weighted by atomic mass is 10.0. The van der Waals surface area contributed by atoms with Crippen LogP contribution in [0.5, 0.6) is 0 Å². The van der Waals surface area contributed by atoms with Gasteiger partial charge in [0.1, 0.15) is 0 Å². The molecule has 1 atom stereocenters. The molecule has 0 radical (unpaired) electrons. The van der Waals surface area contributed by atoms with Crippen molar-refractivity contribution in [2.24, 2.45) is 0 Å². The molecule has 2 rings (SSSR count). The van der Waals surface area contributed by atoms with Gasteiger partial charge in [-0.2, -0.15) is 0 Å². The van der Waals surface area contributed by atoms with Gasteiger partial charge < -0.3 is 5.32 Å². The average Bonchev–Trinajstić information content (AvgIpc) is 2.56.